The van der Waals surface area contributed by atoms with Crippen LogP contribution in [0.15, 0.2) is 30.5 Å². The average molecular weight is 412 g/mol. The summed E-state index contributed by atoms with van der Waals surface area (Å²) in [6, 6.07) is 5.76. The highest BCUT2D eigenvalue weighted by Crippen LogP contribution is 2.35. The molecule has 0 spiro atoms. The molecule has 0 radical (unpaired) electrons. The summed E-state index contributed by atoms with van der Waals surface area (Å²) in [5, 5.41) is 2.79. The Labute approximate surface area is 179 Å². The quantitative estimate of drug-likeness (QED) is 0.780. The third-order valence-corrected chi connectivity index (χ3v) is 7.00. The molecule has 1 N–H and O–H groups in total. The topological polar surface area (TPSA) is 61.9 Å². The number of piperidine rings is 1. The monoisotopic (exact) mass is 411 g/mol. The molecule has 1 aromatic carbocycles. The van der Waals surface area contributed by atoms with Crippen molar-refractivity contribution < 1.29 is 14.3 Å². The molecule has 2 fully saturated rings. The number of ether oxygens (including phenoxy) is 1. The molecule has 6 heteroatoms. The van der Waals surface area contributed by atoms with Gasteiger partial charge in [-0.1, -0.05) is 27.4 Å². The highest BCUT2D eigenvalue weighted by atomic mass is 16.5. The second kappa shape index (κ2) is 8.42. The molecule has 0 aromatic heterocycles. The van der Waals surface area contributed by atoms with Crippen molar-refractivity contribution in [3.05, 3.63) is 41.6 Å². The molecule has 162 valence electrons. The van der Waals surface area contributed by atoms with Gasteiger partial charge < -0.3 is 15.0 Å². The second-order valence-electron chi connectivity index (χ2n) is 8.82. The lowest BCUT2D eigenvalue weighted by Gasteiger charge is -2.34. The Hall–Kier alpha value is -2.34. The number of amides is 2. The third-order valence-electron chi connectivity index (χ3n) is 7.00. The summed E-state index contributed by atoms with van der Waals surface area (Å²) in [5.74, 6) is 1.23. The number of benzene rings is 1. The molecule has 2 heterocycles. The zero-order chi connectivity index (χ0) is 21.4. The Bertz CT molecular complexity index is 848. The number of nitrogens with zero attached hydrogens (tertiary/aromatic N) is 2. The number of allylic oxidation sites excluding steroid dienone is 1. The van der Waals surface area contributed by atoms with Crippen molar-refractivity contribution in [3.63, 3.8) is 0 Å². The largest absolute Gasteiger partial charge is 0.489 e. The number of carbonyl (C=O) groups excluding carboxylic acids is 2. The lowest BCUT2D eigenvalue weighted by atomic mass is 10.0. The molecule has 1 aromatic rings. The van der Waals surface area contributed by atoms with Crippen LogP contribution in [-0.4, -0.2) is 52.9 Å². The second-order valence-corrected chi connectivity index (χ2v) is 8.82. The number of likely N-dealkylation sites (N-methyl/N-ethyl adjacent to an activating group) is 1. The van der Waals surface area contributed by atoms with E-state index in [2.05, 4.69) is 37.6 Å². The van der Waals surface area contributed by atoms with Crippen LogP contribution in [0.2, 0.25) is 0 Å². The van der Waals surface area contributed by atoms with E-state index in [0.29, 0.717) is 36.9 Å². The Morgan fingerprint density at radius 2 is 1.97 bits per heavy atom. The number of fused-ring (bicyclic) bond motifs is 1. The van der Waals surface area contributed by atoms with E-state index in [0.717, 1.165) is 36.5 Å². The maximum Gasteiger partial charge on any atom is 0.255 e. The summed E-state index contributed by atoms with van der Waals surface area (Å²) in [7, 11) is 0. The molecule has 0 bridgehead atoms. The standard InChI is InChI=1S/C24H33N3O3/c1-5-26(6-2)22-15(3)7-12-21(22)30-18-9-10-19-17(13-18)14-27(24(19)29)20-11-8-16(4)25-23(20)28/h9-10,13,15,20-22H,4-8,11-12,14H2,1-3H3,(H,25,28). The van der Waals surface area contributed by atoms with Gasteiger partial charge in [0.1, 0.15) is 17.9 Å². The first-order chi connectivity index (χ1) is 14.4. The highest BCUT2D eigenvalue weighted by Gasteiger charge is 2.40. The Balaban J connectivity index is 1.49. The zero-order valence-electron chi connectivity index (χ0n) is 18.3. The summed E-state index contributed by atoms with van der Waals surface area (Å²) >= 11 is 0. The van der Waals surface area contributed by atoms with Crippen molar-refractivity contribution in [1.29, 1.82) is 0 Å². The van der Waals surface area contributed by atoms with Crippen LogP contribution in [0.3, 0.4) is 0 Å². The fourth-order valence-corrected chi connectivity index (χ4v) is 5.38. The van der Waals surface area contributed by atoms with E-state index < -0.39 is 6.04 Å². The molecular weight excluding hydrogens is 378 g/mol. The number of hydrogen-bond donors (Lipinski definition) is 1. The summed E-state index contributed by atoms with van der Waals surface area (Å²) in [4.78, 5) is 29.5. The van der Waals surface area contributed by atoms with Crippen LogP contribution in [-0.2, 0) is 11.3 Å². The fraction of sp³-hybridized carbons (Fsp3) is 0.583. The maximum absolute atomic E-state index is 12.9. The van der Waals surface area contributed by atoms with Gasteiger partial charge in [-0.25, -0.2) is 0 Å². The van der Waals surface area contributed by atoms with E-state index >= 15 is 0 Å². The van der Waals surface area contributed by atoms with Gasteiger partial charge in [-0.2, -0.15) is 0 Å². The first-order valence-corrected chi connectivity index (χ1v) is 11.3. The molecule has 4 unspecified atom stereocenters. The van der Waals surface area contributed by atoms with E-state index in [1.807, 2.05) is 18.2 Å². The molecule has 2 amide bonds. The molecule has 1 saturated heterocycles. The van der Waals surface area contributed by atoms with Crippen LogP contribution in [0.25, 0.3) is 0 Å². The van der Waals surface area contributed by atoms with Gasteiger partial charge in [0.25, 0.3) is 5.91 Å². The fourth-order valence-electron chi connectivity index (χ4n) is 5.38. The molecule has 6 nitrogen and oxygen atoms in total. The van der Waals surface area contributed by atoms with Gasteiger partial charge in [-0.3, -0.25) is 14.5 Å². The zero-order valence-corrected chi connectivity index (χ0v) is 18.3. The van der Waals surface area contributed by atoms with E-state index in [1.54, 1.807) is 4.90 Å². The lowest BCUT2D eigenvalue weighted by Crippen LogP contribution is -2.49. The molecule has 1 saturated carbocycles. The molecular formula is C24H33N3O3. The van der Waals surface area contributed by atoms with Gasteiger partial charge in [0, 0.05) is 23.8 Å². The lowest BCUT2D eigenvalue weighted by molar-refractivity contribution is -0.126. The minimum atomic E-state index is -0.428. The van der Waals surface area contributed by atoms with Crippen LogP contribution in [0, 0.1) is 5.92 Å². The summed E-state index contributed by atoms with van der Waals surface area (Å²) in [6.07, 6.45) is 3.72. The van der Waals surface area contributed by atoms with Gasteiger partial charge in [0.15, 0.2) is 0 Å². The van der Waals surface area contributed by atoms with Crippen LogP contribution >= 0.6 is 0 Å². The van der Waals surface area contributed by atoms with E-state index in [1.165, 1.54) is 6.42 Å². The Kier molecular flexibility index (Phi) is 5.87. The predicted octanol–water partition coefficient (Wildman–Crippen LogP) is 3.32. The van der Waals surface area contributed by atoms with E-state index in [-0.39, 0.29) is 17.9 Å². The Morgan fingerprint density at radius 1 is 1.20 bits per heavy atom. The molecule has 4 rings (SSSR count). The normalized spacial score (nSPS) is 28.8. The molecule has 30 heavy (non-hydrogen) atoms. The smallest absolute Gasteiger partial charge is 0.255 e. The van der Waals surface area contributed by atoms with Crippen molar-refractivity contribution in [2.24, 2.45) is 5.92 Å². The van der Waals surface area contributed by atoms with Gasteiger partial charge in [0.2, 0.25) is 5.91 Å². The number of nitrogens with one attached hydrogen (secondary N) is 1. The third kappa shape index (κ3) is 3.73. The summed E-state index contributed by atoms with van der Waals surface area (Å²) in [6.45, 7) is 13.1. The van der Waals surface area contributed by atoms with E-state index in [4.69, 9.17) is 4.74 Å². The molecule has 4 atom stereocenters. The minimum absolute atomic E-state index is 0.0697. The molecule has 3 aliphatic rings. The highest BCUT2D eigenvalue weighted by molar-refractivity contribution is 6.01. The summed E-state index contributed by atoms with van der Waals surface area (Å²) < 4.78 is 6.46. The predicted molar refractivity (Wildman–Crippen MR) is 116 cm³/mol. The van der Waals surface area contributed by atoms with E-state index in [9.17, 15) is 9.59 Å². The van der Waals surface area contributed by atoms with Crippen molar-refractivity contribution >= 4 is 11.8 Å². The number of rotatable bonds is 6. The van der Waals surface area contributed by atoms with Crippen molar-refractivity contribution in [1.82, 2.24) is 15.1 Å². The van der Waals surface area contributed by atoms with Gasteiger partial charge in [-0.15, -0.1) is 0 Å². The van der Waals surface area contributed by atoms with Crippen LogP contribution in [0.5, 0.6) is 5.75 Å². The van der Waals surface area contributed by atoms with Crippen LogP contribution in [0.4, 0.5) is 0 Å². The van der Waals surface area contributed by atoms with Crippen molar-refractivity contribution in [2.75, 3.05) is 13.1 Å². The van der Waals surface area contributed by atoms with Gasteiger partial charge >= 0.3 is 0 Å². The van der Waals surface area contributed by atoms with Gasteiger partial charge in [0.05, 0.1) is 0 Å². The van der Waals surface area contributed by atoms with Crippen LogP contribution in [0.1, 0.15) is 62.4 Å². The average Bonchev–Trinajstić information content (AvgIpc) is 3.23. The number of carbonyl (C=O) groups is 2. The SMILES string of the molecule is C=C1CCC(N2Cc3cc(OC4CCC(C)C4N(CC)CC)ccc3C2=O)C(=O)N1. The number of hydrogen-bond acceptors (Lipinski definition) is 4. The summed E-state index contributed by atoms with van der Waals surface area (Å²) in [5.41, 5.74) is 2.35. The van der Waals surface area contributed by atoms with Gasteiger partial charge in [-0.05, 0) is 68.5 Å². The first-order valence-electron chi connectivity index (χ1n) is 11.3. The van der Waals surface area contributed by atoms with Crippen molar-refractivity contribution in [3.8, 4) is 5.75 Å². The Morgan fingerprint density at radius 3 is 2.67 bits per heavy atom. The molecule has 1 aliphatic carbocycles. The van der Waals surface area contributed by atoms with Crippen molar-refractivity contribution in [2.45, 2.75) is 71.2 Å². The molecule has 2 aliphatic heterocycles. The maximum atomic E-state index is 12.9. The first kappa shape index (κ1) is 20.9. The minimum Gasteiger partial charge on any atom is -0.489 e. The van der Waals surface area contributed by atoms with Crippen LogP contribution < -0.4 is 10.1 Å².